The lowest BCUT2D eigenvalue weighted by Crippen LogP contribution is -2.13. The first-order chi connectivity index (χ1) is 11.5. The molecule has 0 saturated carbocycles. The van der Waals surface area contributed by atoms with Gasteiger partial charge in [0.15, 0.2) is 5.43 Å². The molecule has 0 radical (unpaired) electrons. The molecule has 24 heavy (non-hydrogen) atoms. The molecule has 0 aliphatic rings. The second-order valence-electron chi connectivity index (χ2n) is 5.46. The third-order valence-corrected chi connectivity index (χ3v) is 3.75. The first kappa shape index (κ1) is 18.8. The minimum Gasteiger partial charge on any atom is -0.492 e. The predicted molar refractivity (Wildman–Crippen MR) is 101 cm³/mol. The number of aryl methyl sites for hydroxylation is 1. The molecule has 0 spiro atoms. The SMILES string of the molecule is CCCc1ccc(OCC(C)I)c2c(=O)cc(C(=O)OCC)oc12. The van der Waals surface area contributed by atoms with Crippen LogP contribution in [0.3, 0.4) is 0 Å². The molecule has 2 aromatic rings. The number of halogens is 1. The Morgan fingerprint density at radius 1 is 1.33 bits per heavy atom. The number of hydrogen-bond donors (Lipinski definition) is 0. The molecule has 6 heteroatoms. The van der Waals surface area contributed by atoms with Crippen molar-refractivity contribution in [3.05, 3.63) is 39.7 Å². The van der Waals surface area contributed by atoms with Crippen molar-refractivity contribution in [3.8, 4) is 5.75 Å². The number of carbonyl (C=O) groups excluding carboxylic acids is 1. The highest BCUT2D eigenvalue weighted by atomic mass is 127. The molecule has 2 rings (SSSR count). The van der Waals surface area contributed by atoms with E-state index in [1.165, 1.54) is 6.07 Å². The monoisotopic (exact) mass is 444 g/mol. The number of rotatable bonds is 7. The zero-order chi connectivity index (χ0) is 17.7. The fourth-order valence-corrected chi connectivity index (χ4v) is 2.56. The second kappa shape index (κ2) is 8.50. The Bertz CT molecular complexity index is 779. The van der Waals surface area contributed by atoms with Gasteiger partial charge in [-0.15, -0.1) is 0 Å². The summed E-state index contributed by atoms with van der Waals surface area (Å²) < 4.78 is 16.7. The average Bonchev–Trinajstić information content (AvgIpc) is 2.54. The Morgan fingerprint density at radius 3 is 2.71 bits per heavy atom. The van der Waals surface area contributed by atoms with Crippen LogP contribution in [0.5, 0.6) is 5.75 Å². The number of hydrogen-bond acceptors (Lipinski definition) is 5. The van der Waals surface area contributed by atoms with Gasteiger partial charge < -0.3 is 13.9 Å². The lowest BCUT2D eigenvalue weighted by atomic mass is 10.1. The highest BCUT2D eigenvalue weighted by Crippen LogP contribution is 2.28. The van der Waals surface area contributed by atoms with Gasteiger partial charge in [-0.25, -0.2) is 4.79 Å². The van der Waals surface area contributed by atoms with Gasteiger partial charge in [0, 0.05) is 9.99 Å². The predicted octanol–water partition coefficient (Wildman–Crippen LogP) is 4.12. The highest BCUT2D eigenvalue weighted by Gasteiger charge is 2.18. The van der Waals surface area contributed by atoms with E-state index >= 15 is 0 Å². The Labute approximate surface area is 154 Å². The molecule has 1 atom stereocenters. The average molecular weight is 444 g/mol. The number of fused-ring (bicyclic) bond motifs is 1. The quantitative estimate of drug-likeness (QED) is 0.365. The van der Waals surface area contributed by atoms with E-state index in [9.17, 15) is 9.59 Å². The number of ether oxygens (including phenoxy) is 2. The van der Waals surface area contributed by atoms with Crippen molar-refractivity contribution in [2.75, 3.05) is 13.2 Å². The number of carbonyl (C=O) groups is 1. The van der Waals surface area contributed by atoms with Gasteiger partial charge in [0.25, 0.3) is 0 Å². The molecular weight excluding hydrogens is 423 g/mol. The molecule has 0 amide bonds. The lowest BCUT2D eigenvalue weighted by Gasteiger charge is -2.13. The van der Waals surface area contributed by atoms with Crippen molar-refractivity contribution in [2.24, 2.45) is 0 Å². The number of esters is 1. The van der Waals surface area contributed by atoms with Gasteiger partial charge in [-0.2, -0.15) is 0 Å². The van der Waals surface area contributed by atoms with Crippen LogP contribution in [0.15, 0.2) is 27.4 Å². The zero-order valence-corrected chi connectivity index (χ0v) is 16.2. The molecule has 1 heterocycles. The van der Waals surface area contributed by atoms with E-state index in [1.54, 1.807) is 13.0 Å². The number of alkyl halides is 1. The van der Waals surface area contributed by atoms with Crippen molar-refractivity contribution in [3.63, 3.8) is 0 Å². The molecule has 1 aromatic carbocycles. The van der Waals surface area contributed by atoms with Crippen LogP contribution in [-0.4, -0.2) is 23.1 Å². The summed E-state index contributed by atoms with van der Waals surface area (Å²) in [5, 5.41) is 0.381. The summed E-state index contributed by atoms with van der Waals surface area (Å²) in [6.45, 7) is 6.48. The molecule has 1 aromatic heterocycles. The molecule has 0 N–H and O–H groups in total. The largest absolute Gasteiger partial charge is 0.492 e. The fraction of sp³-hybridized carbons (Fsp3) is 0.444. The molecule has 5 nitrogen and oxygen atoms in total. The van der Waals surface area contributed by atoms with E-state index in [4.69, 9.17) is 13.9 Å². The minimum absolute atomic E-state index is 0.0777. The maximum absolute atomic E-state index is 12.6. The van der Waals surface area contributed by atoms with Gasteiger partial charge >= 0.3 is 5.97 Å². The van der Waals surface area contributed by atoms with Crippen molar-refractivity contribution in [1.82, 2.24) is 0 Å². The molecular formula is C18H21IO5. The summed E-state index contributed by atoms with van der Waals surface area (Å²) in [4.78, 5) is 24.5. The minimum atomic E-state index is -0.633. The normalized spacial score (nSPS) is 12.2. The summed E-state index contributed by atoms with van der Waals surface area (Å²) >= 11 is 2.26. The van der Waals surface area contributed by atoms with Crippen molar-refractivity contribution >= 4 is 39.5 Å². The molecule has 1 unspecified atom stereocenters. The van der Waals surface area contributed by atoms with Crippen LogP contribution in [-0.2, 0) is 11.2 Å². The van der Waals surface area contributed by atoms with Crippen LogP contribution >= 0.6 is 22.6 Å². The van der Waals surface area contributed by atoms with Crippen molar-refractivity contribution in [2.45, 2.75) is 37.5 Å². The third-order valence-electron chi connectivity index (χ3n) is 3.39. The standard InChI is InChI=1S/C18H21IO5/c1-4-6-12-7-8-14(23-10-11(3)19)16-13(20)9-15(24-17(12)16)18(21)22-5-2/h7-9,11H,4-6,10H2,1-3H3. The van der Waals surface area contributed by atoms with E-state index < -0.39 is 5.97 Å². The Hall–Kier alpha value is -1.57. The van der Waals surface area contributed by atoms with Gasteiger partial charge in [-0.3, -0.25) is 4.79 Å². The molecule has 0 saturated heterocycles. The Kier molecular flexibility index (Phi) is 6.65. The summed E-state index contributed by atoms with van der Waals surface area (Å²) in [5.74, 6) is -0.227. The molecule has 0 bridgehead atoms. The van der Waals surface area contributed by atoms with Gasteiger partial charge in [-0.05, 0) is 25.0 Å². The number of benzene rings is 1. The van der Waals surface area contributed by atoms with Crippen LogP contribution in [0.4, 0.5) is 0 Å². The van der Waals surface area contributed by atoms with Gasteiger partial charge in [-0.1, -0.05) is 48.9 Å². The van der Waals surface area contributed by atoms with Crippen molar-refractivity contribution in [1.29, 1.82) is 0 Å². The molecule has 0 aliphatic carbocycles. The van der Waals surface area contributed by atoms with Crippen LogP contribution in [0, 0.1) is 0 Å². The van der Waals surface area contributed by atoms with E-state index in [-0.39, 0.29) is 17.8 Å². The zero-order valence-electron chi connectivity index (χ0n) is 14.1. The summed E-state index contributed by atoms with van der Waals surface area (Å²) in [7, 11) is 0. The van der Waals surface area contributed by atoms with Crippen LogP contribution < -0.4 is 10.2 Å². The Balaban J connectivity index is 2.62. The highest BCUT2D eigenvalue weighted by molar-refractivity contribution is 14.1. The van der Waals surface area contributed by atoms with Crippen LogP contribution in [0.2, 0.25) is 0 Å². The van der Waals surface area contributed by atoms with E-state index in [1.807, 2.05) is 19.9 Å². The smallest absolute Gasteiger partial charge is 0.374 e. The van der Waals surface area contributed by atoms with Crippen LogP contribution in [0.1, 0.15) is 43.3 Å². The summed E-state index contributed by atoms with van der Waals surface area (Å²) in [6, 6.07) is 4.86. The van der Waals surface area contributed by atoms with E-state index in [0.29, 0.717) is 27.3 Å². The van der Waals surface area contributed by atoms with Crippen molar-refractivity contribution < 1.29 is 18.7 Å². The van der Waals surface area contributed by atoms with E-state index in [2.05, 4.69) is 22.6 Å². The van der Waals surface area contributed by atoms with E-state index in [0.717, 1.165) is 18.4 Å². The lowest BCUT2D eigenvalue weighted by molar-refractivity contribution is 0.0490. The summed E-state index contributed by atoms with van der Waals surface area (Å²) in [5.41, 5.74) is 0.991. The third kappa shape index (κ3) is 4.28. The maximum Gasteiger partial charge on any atom is 0.374 e. The molecule has 130 valence electrons. The molecule has 0 fully saturated rings. The van der Waals surface area contributed by atoms with Gasteiger partial charge in [0.05, 0.1) is 13.2 Å². The van der Waals surface area contributed by atoms with Gasteiger partial charge in [0.1, 0.15) is 16.7 Å². The topological polar surface area (TPSA) is 65.7 Å². The second-order valence-corrected chi connectivity index (χ2v) is 7.59. The first-order valence-corrected chi connectivity index (χ1v) is 9.26. The summed E-state index contributed by atoms with van der Waals surface area (Å²) in [6.07, 6.45) is 1.64. The molecule has 0 aliphatic heterocycles. The first-order valence-electron chi connectivity index (χ1n) is 8.01. The van der Waals surface area contributed by atoms with Crippen LogP contribution in [0.25, 0.3) is 11.0 Å². The Morgan fingerprint density at radius 2 is 2.08 bits per heavy atom. The fourth-order valence-electron chi connectivity index (χ4n) is 2.38. The maximum atomic E-state index is 12.6. The van der Waals surface area contributed by atoms with Gasteiger partial charge in [0.2, 0.25) is 5.76 Å².